The molecule has 1 aliphatic rings. The Hall–Kier alpha value is 0.440. The average molecular weight is 146 g/mol. The third-order valence-corrected chi connectivity index (χ3v) is 4.12. The highest BCUT2D eigenvalue weighted by molar-refractivity contribution is 8.78. The molecule has 1 aliphatic heterocycles. The molecule has 1 heterocycles. The van der Waals surface area contributed by atoms with Gasteiger partial charge in [-0.05, 0) is 18.8 Å². The highest BCUT2D eigenvalue weighted by Gasteiger charge is 2.13. The van der Waals surface area contributed by atoms with Crippen LogP contribution in [-0.4, -0.2) is 5.25 Å². The van der Waals surface area contributed by atoms with Crippen LogP contribution in [0.5, 0.6) is 0 Å². The van der Waals surface area contributed by atoms with Gasteiger partial charge in [0.05, 0.1) is 0 Å². The molecular formula is C6H10S2. The lowest BCUT2D eigenvalue weighted by Gasteiger charge is -2.03. The summed E-state index contributed by atoms with van der Waals surface area (Å²) in [6.45, 7) is 4.45. The Labute approximate surface area is 58.5 Å². The van der Waals surface area contributed by atoms with Crippen molar-refractivity contribution in [1.82, 2.24) is 0 Å². The first-order valence-electron chi connectivity index (χ1n) is 2.83. The molecule has 0 amide bonds. The van der Waals surface area contributed by atoms with Crippen molar-refractivity contribution in [2.75, 3.05) is 0 Å². The molecule has 0 N–H and O–H groups in total. The summed E-state index contributed by atoms with van der Waals surface area (Å²) in [5.41, 5.74) is 1.54. The van der Waals surface area contributed by atoms with Crippen LogP contribution in [0.15, 0.2) is 11.0 Å². The van der Waals surface area contributed by atoms with E-state index in [1.165, 1.54) is 6.42 Å². The maximum Gasteiger partial charge on any atom is 0.0366 e. The van der Waals surface area contributed by atoms with Crippen LogP contribution < -0.4 is 0 Å². The minimum Gasteiger partial charge on any atom is -0.0816 e. The molecule has 0 saturated heterocycles. The van der Waals surface area contributed by atoms with Crippen molar-refractivity contribution in [2.45, 2.75) is 25.5 Å². The molecule has 0 spiro atoms. The van der Waals surface area contributed by atoms with E-state index in [0.717, 1.165) is 5.25 Å². The van der Waals surface area contributed by atoms with E-state index >= 15 is 0 Å². The predicted molar refractivity (Wildman–Crippen MR) is 43.0 cm³/mol. The van der Waals surface area contributed by atoms with Crippen LogP contribution in [0, 0.1) is 0 Å². The smallest absolute Gasteiger partial charge is 0.0366 e. The third kappa shape index (κ3) is 1.23. The van der Waals surface area contributed by atoms with Crippen molar-refractivity contribution in [1.29, 1.82) is 0 Å². The van der Waals surface area contributed by atoms with Crippen molar-refractivity contribution in [2.24, 2.45) is 0 Å². The Balaban J connectivity index is 2.46. The second-order valence-electron chi connectivity index (χ2n) is 1.95. The van der Waals surface area contributed by atoms with Gasteiger partial charge in [0.1, 0.15) is 0 Å². The zero-order valence-electron chi connectivity index (χ0n) is 5.18. The quantitative estimate of drug-likeness (QED) is 0.521. The molecule has 0 aromatic heterocycles. The fourth-order valence-electron chi connectivity index (χ4n) is 0.713. The Morgan fingerprint density at radius 3 is 2.75 bits per heavy atom. The second-order valence-corrected chi connectivity index (χ2v) is 4.30. The standard InChI is InChI=1S/C6H10S2/c1-3-6-5(2)4-7-8-6/h4,6H,3H2,1-2H3. The van der Waals surface area contributed by atoms with E-state index in [1.54, 1.807) is 5.57 Å². The summed E-state index contributed by atoms with van der Waals surface area (Å²) >= 11 is 0. The minimum atomic E-state index is 0.806. The topological polar surface area (TPSA) is 0 Å². The molecule has 0 aliphatic carbocycles. The zero-order valence-corrected chi connectivity index (χ0v) is 6.81. The molecule has 2 heteroatoms. The molecule has 0 aromatic carbocycles. The van der Waals surface area contributed by atoms with E-state index in [2.05, 4.69) is 19.3 Å². The van der Waals surface area contributed by atoms with Gasteiger partial charge in [0.2, 0.25) is 0 Å². The van der Waals surface area contributed by atoms with E-state index in [4.69, 9.17) is 0 Å². The summed E-state index contributed by atoms with van der Waals surface area (Å²) in [4.78, 5) is 0. The largest absolute Gasteiger partial charge is 0.0816 e. The van der Waals surface area contributed by atoms with Crippen molar-refractivity contribution in [3.63, 3.8) is 0 Å². The van der Waals surface area contributed by atoms with Gasteiger partial charge in [-0.2, -0.15) is 0 Å². The van der Waals surface area contributed by atoms with Crippen molar-refractivity contribution in [3.05, 3.63) is 11.0 Å². The first-order valence-corrected chi connectivity index (χ1v) is 5.11. The van der Waals surface area contributed by atoms with Crippen molar-refractivity contribution >= 4 is 21.6 Å². The van der Waals surface area contributed by atoms with Gasteiger partial charge in [-0.15, -0.1) is 0 Å². The molecule has 1 unspecified atom stereocenters. The first kappa shape index (κ1) is 6.56. The molecule has 0 bridgehead atoms. The third-order valence-electron chi connectivity index (χ3n) is 1.28. The van der Waals surface area contributed by atoms with Gasteiger partial charge >= 0.3 is 0 Å². The Bertz CT molecular complexity index is 107. The van der Waals surface area contributed by atoms with Gasteiger partial charge in [0, 0.05) is 5.25 Å². The molecule has 1 rings (SSSR count). The van der Waals surface area contributed by atoms with Gasteiger partial charge < -0.3 is 0 Å². The Morgan fingerprint density at radius 2 is 2.50 bits per heavy atom. The molecule has 46 valence electrons. The molecule has 0 fully saturated rings. The van der Waals surface area contributed by atoms with Crippen LogP contribution in [0.3, 0.4) is 0 Å². The summed E-state index contributed by atoms with van der Waals surface area (Å²) in [6, 6.07) is 0. The first-order chi connectivity index (χ1) is 3.84. The number of hydrogen-bond acceptors (Lipinski definition) is 2. The molecule has 0 radical (unpaired) electrons. The Kier molecular flexibility index (Phi) is 2.32. The maximum atomic E-state index is 2.25. The zero-order chi connectivity index (χ0) is 5.98. The summed E-state index contributed by atoms with van der Waals surface area (Å²) in [7, 11) is 3.84. The van der Waals surface area contributed by atoms with Crippen LogP contribution in [0.4, 0.5) is 0 Å². The molecule has 8 heavy (non-hydrogen) atoms. The molecule has 0 saturated carbocycles. The highest BCUT2D eigenvalue weighted by atomic mass is 33.1. The van der Waals surface area contributed by atoms with E-state index in [9.17, 15) is 0 Å². The van der Waals surface area contributed by atoms with Crippen LogP contribution in [0.1, 0.15) is 20.3 Å². The lowest BCUT2D eigenvalue weighted by Crippen LogP contribution is -1.94. The minimum absolute atomic E-state index is 0.806. The summed E-state index contributed by atoms with van der Waals surface area (Å²) in [5.74, 6) is 0. The van der Waals surface area contributed by atoms with Crippen LogP contribution in [0.25, 0.3) is 0 Å². The van der Waals surface area contributed by atoms with Crippen LogP contribution >= 0.6 is 21.6 Å². The number of hydrogen-bond donors (Lipinski definition) is 0. The van der Waals surface area contributed by atoms with Crippen molar-refractivity contribution < 1.29 is 0 Å². The van der Waals surface area contributed by atoms with Gasteiger partial charge in [-0.1, -0.05) is 34.1 Å². The molecule has 1 atom stereocenters. The lowest BCUT2D eigenvalue weighted by molar-refractivity contribution is 0.935. The Morgan fingerprint density at radius 1 is 1.75 bits per heavy atom. The fraction of sp³-hybridized carbons (Fsp3) is 0.667. The second kappa shape index (κ2) is 2.83. The van der Waals surface area contributed by atoms with E-state index in [0.29, 0.717) is 0 Å². The normalized spacial score (nSPS) is 28.2. The van der Waals surface area contributed by atoms with Crippen LogP contribution in [0.2, 0.25) is 0 Å². The van der Waals surface area contributed by atoms with Gasteiger partial charge in [-0.3, -0.25) is 0 Å². The summed E-state index contributed by atoms with van der Waals surface area (Å²) < 4.78 is 0. The maximum absolute atomic E-state index is 2.25. The molecule has 0 nitrogen and oxygen atoms in total. The highest BCUT2D eigenvalue weighted by Crippen LogP contribution is 2.41. The van der Waals surface area contributed by atoms with Gasteiger partial charge in [0.25, 0.3) is 0 Å². The molecular weight excluding hydrogens is 136 g/mol. The summed E-state index contributed by atoms with van der Waals surface area (Å²) in [5, 5.41) is 3.05. The predicted octanol–water partition coefficient (Wildman–Crippen LogP) is 3.06. The fourth-order valence-corrected chi connectivity index (χ4v) is 3.55. The lowest BCUT2D eigenvalue weighted by atomic mass is 10.2. The van der Waals surface area contributed by atoms with Crippen molar-refractivity contribution in [3.8, 4) is 0 Å². The van der Waals surface area contributed by atoms with Gasteiger partial charge in [-0.25, -0.2) is 0 Å². The number of rotatable bonds is 1. The van der Waals surface area contributed by atoms with E-state index in [1.807, 2.05) is 21.6 Å². The van der Waals surface area contributed by atoms with E-state index < -0.39 is 0 Å². The molecule has 0 aromatic rings. The SMILES string of the molecule is CCC1SSC=C1C. The summed E-state index contributed by atoms with van der Waals surface area (Å²) in [6.07, 6.45) is 1.28. The van der Waals surface area contributed by atoms with E-state index in [-0.39, 0.29) is 0 Å². The van der Waals surface area contributed by atoms with Crippen LogP contribution in [-0.2, 0) is 0 Å². The van der Waals surface area contributed by atoms with Gasteiger partial charge in [0.15, 0.2) is 0 Å². The average Bonchev–Trinajstić information content (AvgIpc) is 2.14. The monoisotopic (exact) mass is 146 g/mol.